The van der Waals surface area contributed by atoms with Gasteiger partial charge in [-0.1, -0.05) is 18.1 Å². The van der Waals surface area contributed by atoms with Gasteiger partial charge in [0.2, 0.25) is 0 Å². The first-order chi connectivity index (χ1) is 9.78. The lowest BCUT2D eigenvalue weighted by molar-refractivity contribution is 0.987. The van der Waals surface area contributed by atoms with Crippen molar-refractivity contribution in [3.8, 4) is 12.3 Å². The molecule has 1 N–H and O–H groups in total. The number of aryl methyl sites for hydroxylation is 1. The highest BCUT2D eigenvalue weighted by Crippen LogP contribution is 2.15. The highest BCUT2D eigenvalue weighted by atomic mass is 15.0. The second kappa shape index (κ2) is 5.10. The van der Waals surface area contributed by atoms with E-state index in [0.717, 1.165) is 28.3 Å². The first kappa shape index (κ1) is 12.3. The molecule has 0 spiro atoms. The summed E-state index contributed by atoms with van der Waals surface area (Å²) in [6.07, 6.45) is 7.45. The molecule has 0 aliphatic carbocycles. The van der Waals surface area contributed by atoms with Gasteiger partial charge in [0, 0.05) is 17.4 Å². The van der Waals surface area contributed by atoms with E-state index in [2.05, 4.69) is 20.6 Å². The fourth-order valence-corrected chi connectivity index (χ4v) is 2.28. The zero-order valence-corrected chi connectivity index (χ0v) is 11.3. The van der Waals surface area contributed by atoms with Crippen LogP contribution in [0, 0.1) is 19.3 Å². The number of benzene rings is 1. The van der Waals surface area contributed by atoms with Crippen LogP contribution in [0.5, 0.6) is 0 Å². The van der Waals surface area contributed by atoms with Crippen LogP contribution in [0.25, 0.3) is 5.65 Å². The summed E-state index contributed by atoms with van der Waals surface area (Å²) in [5.74, 6) is 2.64. The van der Waals surface area contributed by atoms with Crippen LogP contribution in [0.2, 0.25) is 0 Å². The highest BCUT2D eigenvalue weighted by molar-refractivity contribution is 5.51. The molecule has 3 heteroatoms. The Morgan fingerprint density at radius 3 is 3.00 bits per heavy atom. The van der Waals surface area contributed by atoms with E-state index in [1.807, 2.05) is 55.6 Å². The number of anilines is 1. The number of aromatic nitrogens is 2. The van der Waals surface area contributed by atoms with Crippen molar-refractivity contribution in [3.05, 3.63) is 65.6 Å². The number of terminal acetylenes is 1. The van der Waals surface area contributed by atoms with Gasteiger partial charge >= 0.3 is 0 Å². The largest absolute Gasteiger partial charge is 0.379 e. The Bertz CT molecular complexity index is 793. The Hall–Kier alpha value is -2.73. The van der Waals surface area contributed by atoms with E-state index in [1.54, 1.807) is 0 Å². The molecule has 0 bridgehead atoms. The third-order valence-corrected chi connectivity index (χ3v) is 3.32. The Labute approximate surface area is 118 Å². The monoisotopic (exact) mass is 261 g/mol. The first-order valence-corrected chi connectivity index (χ1v) is 6.51. The lowest BCUT2D eigenvalue weighted by Crippen LogP contribution is -2.04. The van der Waals surface area contributed by atoms with E-state index >= 15 is 0 Å². The van der Waals surface area contributed by atoms with Crippen LogP contribution in [0.4, 0.5) is 5.69 Å². The molecule has 0 atom stereocenters. The average molecular weight is 261 g/mol. The summed E-state index contributed by atoms with van der Waals surface area (Å²) in [4.78, 5) is 4.55. The number of nitrogens with zero attached hydrogens (tertiary/aromatic N) is 2. The molecule has 0 amide bonds. The second-order valence-electron chi connectivity index (χ2n) is 4.65. The fourth-order valence-electron chi connectivity index (χ4n) is 2.28. The maximum Gasteiger partial charge on any atom is 0.137 e. The molecular weight excluding hydrogens is 246 g/mol. The molecule has 3 aromatic rings. The topological polar surface area (TPSA) is 29.3 Å². The summed E-state index contributed by atoms with van der Waals surface area (Å²) in [5.41, 5.74) is 5.07. The van der Waals surface area contributed by atoms with Gasteiger partial charge in [0.05, 0.1) is 17.9 Å². The minimum Gasteiger partial charge on any atom is -0.379 e. The van der Waals surface area contributed by atoms with Gasteiger partial charge in [-0.15, -0.1) is 6.42 Å². The Kier molecular flexibility index (Phi) is 3.14. The number of nitrogens with one attached hydrogen (secondary N) is 1. The van der Waals surface area contributed by atoms with Crippen molar-refractivity contribution < 1.29 is 0 Å². The van der Waals surface area contributed by atoms with Gasteiger partial charge in [-0.2, -0.15) is 0 Å². The van der Waals surface area contributed by atoms with Gasteiger partial charge in [-0.25, -0.2) is 4.98 Å². The molecular formula is C17H15N3. The molecule has 0 unspecified atom stereocenters. The Morgan fingerprint density at radius 1 is 1.25 bits per heavy atom. The van der Waals surface area contributed by atoms with Crippen LogP contribution in [0.3, 0.4) is 0 Å². The molecule has 0 radical (unpaired) electrons. The van der Waals surface area contributed by atoms with Crippen molar-refractivity contribution in [3.63, 3.8) is 0 Å². The SMILES string of the molecule is C#Cc1cccc(NCc2c(C)nc3ccccn23)c1. The zero-order chi connectivity index (χ0) is 13.9. The molecule has 0 aliphatic heterocycles. The van der Waals surface area contributed by atoms with Crippen LogP contribution in [-0.2, 0) is 6.54 Å². The maximum absolute atomic E-state index is 5.42. The van der Waals surface area contributed by atoms with Crippen LogP contribution in [-0.4, -0.2) is 9.38 Å². The smallest absolute Gasteiger partial charge is 0.137 e. The Morgan fingerprint density at radius 2 is 2.15 bits per heavy atom. The molecule has 3 rings (SSSR count). The molecule has 3 nitrogen and oxygen atoms in total. The van der Waals surface area contributed by atoms with Crippen molar-refractivity contribution in [2.24, 2.45) is 0 Å². The van der Waals surface area contributed by atoms with Crippen LogP contribution < -0.4 is 5.32 Å². The number of fused-ring (bicyclic) bond motifs is 1. The number of imidazole rings is 1. The van der Waals surface area contributed by atoms with E-state index in [9.17, 15) is 0 Å². The molecule has 20 heavy (non-hydrogen) atoms. The predicted molar refractivity (Wildman–Crippen MR) is 81.6 cm³/mol. The zero-order valence-electron chi connectivity index (χ0n) is 11.3. The molecule has 0 saturated carbocycles. The quantitative estimate of drug-likeness (QED) is 0.733. The average Bonchev–Trinajstić information content (AvgIpc) is 2.81. The summed E-state index contributed by atoms with van der Waals surface area (Å²) in [6, 6.07) is 13.9. The predicted octanol–water partition coefficient (Wildman–Crippen LogP) is 3.24. The van der Waals surface area contributed by atoms with E-state index in [0.29, 0.717) is 6.54 Å². The summed E-state index contributed by atoms with van der Waals surface area (Å²) in [7, 11) is 0. The van der Waals surface area contributed by atoms with Gasteiger partial charge in [0.15, 0.2) is 0 Å². The van der Waals surface area contributed by atoms with Gasteiger partial charge in [0.1, 0.15) is 5.65 Å². The van der Waals surface area contributed by atoms with Crippen molar-refractivity contribution >= 4 is 11.3 Å². The lowest BCUT2D eigenvalue weighted by atomic mass is 10.2. The third kappa shape index (κ3) is 2.24. The van der Waals surface area contributed by atoms with Crippen LogP contribution in [0.15, 0.2) is 48.7 Å². The third-order valence-electron chi connectivity index (χ3n) is 3.32. The van der Waals surface area contributed by atoms with Crippen molar-refractivity contribution in [2.75, 3.05) is 5.32 Å². The normalized spacial score (nSPS) is 10.4. The first-order valence-electron chi connectivity index (χ1n) is 6.51. The molecule has 2 aromatic heterocycles. The van der Waals surface area contributed by atoms with Crippen LogP contribution in [0.1, 0.15) is 17.0 Å². The number of hydrogen-bond donors (Lipinski definition) is 1. The van der Waals surface area contributed by atoms with Gasteiger partial charge in [-0.05, 0) is 37.3 Å². The Balaban J connectivity index is 1.87. The van der Waals surface area contributed by atoms with E-state index in [1.165, 1.54) is 0 Å². The molecule has 0 aliphatic rings. The summed E-state index contributed by atoms with van der Waals surface area (Å²) in [5, 5.41) is 3.40. The number of pyridine rings is 1. The van der Waals surface area contributed by atoms with Crippen molar-refractivity contribution in [1.29, 1.82) is 0 Å². The molecule has 0 saturated heterocycles. The van der Waals surface area contributed by atoms with Gasteiger partial charge in [0.25, 0.3) is 0 Å². The van der Waals surface area contributed by atoms with Gasteiger partial charge in [-0.3, -0.25) is 0 Å². The standard InChI is InChI=1S/C17H15N3/c1-3-14-7-6-8-15(11-14)18-12-16-13(2)19-17-9-4-5-10-20(16)17/h1,4-11,18H,12H2,2H3. The van der Waals surface area contributed by atoms with Crippen molar-refractivity contribution in [1.82, 2.24) is 9.38 Å². The number of hydrogen-bond acceptors (Lipinski definition) is 2. The summed E-state index contributed by atoms with van der Waals surface area (Å²) >= 11 is 0. The lowest BCUT2D eigenvalue weighted by Gasteiger charge is -2.07. The fraction of sp³-hybridized carbons (Fsp3) is 0.118. The van der Waals surface area contributed by atoms with E-state index in [4.69, 9.17) is 6.42 Å². The highest BCUT2D eigenvalue weighted by Gasteiger charge is 2.07. The molecule has 0 fully saturated rings. The minimum atomic E-state index is 0.713. The minimum absolute atomic E-state index is 0.713. The van der Waals surface area contributed by atoms with Crippen molar-refractivity contribution in [2.45, 2.75) is 13.5 Å². The van der Waals surface area contributed by atoms with Crippen LogP contribution >= 0.6 is 0 Å². The number of rotatable bonds is 3. The van der Waals surface area contributed by atoms with E-state index < -0.39 is 0 Å². The second-order valence-corrected chi connectivity index (χ2v) is 4.65. The molecule has 2 heterocycles. The maximum atomic E-state index is 5.42. The summed E-state index contributed by atoms with van der Waals surface area (Å²) < 4.78 is 2.10. The molecule has 98 valence electrons. The molecule has 1 aromatic carbocycles. The van der Waals surface area contributed by atoms with Gasteiger partial charge < -0.3 is 9.72 Å². The van der Waals surface area contributed by atoms with E-state index in [-0.39, 0.29) is 0 Å². The summed E-state index contributed by atoms with van der Waals surface area (Å²) in [6.45, 7) is 2.74.